The highest BCUT2D eigenvalue weighted by molar-refractivity contribution is 6.16. The van der Waals surface area contributed by atoms with Crippen LogP contribution in [0.25, 0.3) is 0 Å². The quantitative estimate of drug-likeness (QED) is 0.0498. The van der Waals surface area contributed by atoms with Crippen molar-refractivity contribution in [1.29, 1.82) is 0 Å². The number of anilines is 4. The summed E-state index contributed by atoms with van der Waals surface area (Å²) in [5.74, 6) is -3.81. The molecule has 0 spiro atoms. The van der Waals surface area contributed by atoms with Crippen molar-refractivity contribution in [2.45, 2.75) is 12.1 Å². The van der Waals surface area contributed by atoms with Crippen molar-refractivity contribution >= 4 is 58.2 Å². The van der Waals surface area contributed by atoms with Gasteiger partial charge in [0.15, 0.2) is 0 Å². The van der Waals surface area contributed by atoms with Crippen LogP contribution in [0.3, 0.4) is 0 Å². The van der Waals surface area contributed by atoms with Crippen LogP contribution in [-0.4, -0.2) is 63.9 Å². The number of nitrogens with one attached hydrogen (secondary N) is 6. The van der Waals surface area contributed by atoms with Crippen LogP contribution < -0.4 is 31.9 Å². The fourth-order valence-electron chi connectivity index (χ4n) is 6.91. The van der Waals surface area contributed by atoms with E-state index in [1.807, 2.05) is 12.1 Å². The van der Waals surface area contributed by atoms with Gasteiger partial charge in [0.2, 0.25) is 0 Å². The molecular formula is C51H43N7O8. The van der Waals surface area contributed by atoms with Crippen molar-refractivity contribution in [2.24, 2.45) is 0 Å². The van der Waals surface area contributed by atoms with Crippen molar-refractivity contribution in [1.82, 2.24) is 15.6 Å². The Hall–Kier alpha value is -8.79. The summed E-state index contributed by atoms with van der Waals surface area (Å²) in [5.41, 5.74) is 2.11. The van der Waals surface area contributed by atoms with Crippen molar-refractivity contribution in [3.63, 3.8) is 0 Å². The zero-order chi connectivity index (χ0) is 46.4. The highest BCUT2D eigenvalue weighted by Crippen LogP contribution is 2.24. The lowest BCUT2D eigenvalue weighted by Crippen LogP contribution is -2.31. The number of benzene rings is 6. The second-order valence-electron chi connectivity index (χ2n) is 14.6. The van der Waals surface area contributed by atoms with Crippen LogP contribution >= 0.6 is 0 Å². The Bertz CT molecular complexity index is 2700. The van der Waals surface area contributed by atoms with Crippen molar-refractivity contribution in [3.05, 3.63) is 221 Å². The number of hydrogen-bond acceptors (Lipinski definition) is 9. The summed E-state index contributed by atoms with van der Waals surface area (Å²) in [7, 11) is 0. The van der Waals surface area contributed by atoms with Crippen LogP contribution in [0.15, 0.2) is 176 Å². The predicted octanol–water partition coefficient (Wildman–Crippen LogP) is 7.02. The lowest BCUT2D eigenvalue weighted by Gasteiger charge is -2.18. The van der Waals surface area contributed by atoms with E-state index in [1.165, 1.54) is 54.6 Å². The van der Waals surface area contributed by atoms with E-state index in [9.17, 15) is 39.0 Å². The Morgan fingerprint density at radius 3 is 0.970 bits per heavy atom. The summed E-state index contributed by atoms with van der Waals surface area (Å²) >= 11 is 0. The maximum Gasteiger partial charge on any atom is 0.274 e. The number of aromatic nitrogens is 1. The van der Waals surface area contributed by atoms with Gasteiger partial charge in [0.05, 0.1) is 70.3 Å². The first-order valence-electron chi connectivity index (χ1n) is 20.7. The minimum Gasteiger partial charge on any atom is -0.394 e. The highest BCUT2D eigenvalue weighted by Gasteiger charge is 2.23. The number of amides is 6. The van der Waals surface area contributed by atoms with E-state index < -0.39 is 47.5 Å². The van der Waals surface area contributed by atoms with Crippen molar-refractivity contribution in [2.75, 3.05) is 34.5 Å². The maximum atomic E-state index is 13.7. The smallest absolute Gasteiger partial charge is 0.274 e. The van der Waals surface area contributed by atoms with Gasteiger partial charge in [-0.15, -0.1) is 0 Å². The Labute approximate surface area is 378 Å². The highest BCUT2D eigenvalue weighted by atomic mass is 16.3. The molecule has 0 unspecified atom stereocenters. The molecule has 0 aliphatic rings. The molecule has 6 amide bonds. The van der Waals surface area contributed by atoms with Gasteiger partial charge in [0.25, 0.3) is 35.4 Å². The van der Waals surface area contributed by atoms with E-state index in [4.69, 9.17) is 0 Å². The van der Waals surface area contributed by atoms with Crippen LogP contribution in [0.1, 0.15) is 85.6 Å². The molecule has 0 aliphatic carbocycles. The molecule has 1 aromatic heterocycles. The topological polar surface area (TPSA) is 228 Å². The minimum atomic E-state index is -0.739. The van der Waals surface area contributed by atoms with Gasteiger partial charge >= 0.3 is 0 Å². The van der Waals surface area contributed by atoms with Gasteiger partial charge in [-0.05, 0) is 71.8 Å². The second kappa shape index (κ2) is 21.5. The molecule has 0 aliphatic heterocycles. The molecule has 0 saturated carbocycles. The molecule has 0 radical (unpaired) electrons. The predicted molar refractivity (Wildman–Crippen MR) is 249 cm³/mol. The minimum absolute atomic E-state index is 0.0622. The molecule has 15 nitrogen and oxygen atoms in total. The van der Waals surface area contributed by atoms with Crippen LogP contribution in [-0.2, 0) is 0 Å². The molecule has 6 aromatic carbocycles. The van der Waals surface area contributed by atoms with E-state index in [2.05, 4.69) is 36.9 Å². The third kappa shape index (κ3) is 11.0. The fraction of sp³-hybridized carbons (Fsp3) is 0.0784. The monoisotopic (exact) mass is 881 g/mol. The van der Waals surface area contributed by atoms with E-state index >= 15 is 0 Å². The van der Waals surface area contributed by atoms with E-state index in [0.717, 1.165) is 0 Å². The maximum absolute atomic E-state index is 13.7. The molecule has 0 bridgehead atoms. The summed E-state index contributed by atoms with van der Waals surface area (Å²) in [6, 6.07) is 45.9. The molecular weight excluding hydrogens is 839 g/mol. The van der Waals surface area contributed by atoms with Crippen molar-refractivity contribution in [3.8, 4) is 0 Å². The van der Waals surface area contributed by atoms with Gasteiger partial charge in [-0.25, -0.2) is 4.98 Å². The summed E-state index contributed by atoms with van der Waals surface area (Å²) in [5, 5.41) is 36.4. The molecule has 8 N–H and O–H groups in total. The molecule has 15 heteroatoms. The molecule has 1 heterocycles. The SMILES string of the molecule is O=C(Nc1ccccc1C(=O)Nc1ccccc1C(=O)N[C@@H](CO)c1ccccc1)c1cccc(C(=O)Nc2ccccc2C(=O)Nc2ccccc2C(=O)N[C@@H](CO)c2ccccc2)n1. The summed E-state index contributed by atoms with van der Waals surface area (Å²) in [4.78, 5) is 85.7. The Balaban J connectivity index is 1.01. The average Bonchev–Trinajstić information content (AvgIpc) is 3.35. The summed E-state index contributed by atoms with van der Waals surface area (Å²) < 4.78 is 0. The van der Waals surface area contributed by atoms with Crippen LogP contribution in [0.2, 0.25) is 0 Å². The van der Waals surface area contributed by atoms with Crippen LogP contribution in [0.5, 0.6) is 0 Å². The fourth-order valence-corrected chi connectivity index (χ4v) is 6.91. The number of carbonyl (C=O) groups excluding carboxylic acids is 6. The average molecular weight is 882 g/mol. The van der Waals surface area contributed by atoms with E-state index in [1.54, 1.807) is 109 Å². The van der Waals surface area contributed by atoms with E-state index in [0.29, 0.717) is 11.1 Å². The van der Waals surface area contributed by atoms with Gasteiger partial charge in [-0.2, -0.15) is 0 Å². The number of aliphatic hydroxyl groups is 2. The van der Waals surface area contributed by atoms with Crippen LogP contribution in [0, 0.1) is 0 Å². The van der Waals surface area contributed by atoms with Gasteiger partial charge in [0.1, 0.15) is 11.4 Å². The molecule has 0 saturated heterocycles. The first kappa shape index (κ1) is 45.2. The second-order valence-corrected chi connectivity index (χ2v) is 14.6. The summed E-state index contributed by atoms with van der Waals surface area (Å²) in [6.45, 7) is -0.701. The van der Waals surface area contributed by atoms with E-state index in [-0.39, 0.29) is 69.6 Å². The molecule has 7 rings (SSSR count). The zero-order valence-corrected chi connectivity index (χ0v) is 35.1. The Morgan fingerprint density at radius 2 is 0.636 bits per heavy atom. The van der Waals surface area contributed by atoms with Gasteiger partial charge in [-0.3, -0.25) is 28.8 Å². The molecule has 2 atom stereocenters. The number of nitrogens with zero attached hydrogens (tertiary/aromatic N) is 1. The third-order valence-corrected chi connectivity index (χ3v) is 10.3. The normalized spacial score (nSPS) is 11.5. The number of rotatable bonds is 16. The van der Waals surface area contributed by atoms with Crippen molar-refractivity contribution < 1.29 is 39.0 Å². The number of para-hydroxylation sites is 4. The molecule has 66 heavy (non-hydrogen) atoms. The van der Waals surface area contributed by atoms with Gasteiger partial charge < -0.3 is 42.1 Å². The first-order valence-corrected chi connectivity index (χ1v) is 20.7. The molecule has 0 fully saturated rings. The largest absolute Gasteiger partial charge is 0.394 e. The Morgan fingerprint density at radius 1 is 0.348 bits per heavy atom. The summed E-state index contributed by atoms with van der Waals surface area (Å²) in [6.07, 6.45) is 0. The number of pyridine rings is 1. The Kier molecular flexibility index (Phi) is 14.8. The third-order valence-electron chi connectivity index (χ3n) is 10.3. The number of carbonyl (C=O) groups is 6. The lowest BCUT2D eigenvalue weighted by atomic mass is 10.1. The number of aliphatic hydroxyl groups excluding tert-OH is 2. The van der Waals surface area contributed by atoms with Crippen LogP contribution in [0.4, 0.5) is 22.7 Å². The standard InChI is InChI=1S/C51H43N7O8/c59-30-44(32-16-3-1-4-17-32)57-48(63)34-20-7-11-24-38(34)53-46(61)36-22-9-13-26-40(36)55-50(65)42-28-15-29-43(52-42)51(66)56-41-27-14-10-23-37(41)47(62)54-39-25-12-8-21-35(39)49(64)58-45(31-60)33-18-5-2-6-19-33/h1-29,44-45,59-60H,30-31H2,(H,53,61)(H,54,62)(H,55,65)(H,56,66)(H,57,63)(H,58,64)/t44-,45-/m0/s1. The lowest BCUT2D eigenvalue weighted by molar-refractivity contribution is 0.0909. The van der Waals surface area contributed by atoms with Gasteiger partial charge in [-0.1, -0.05) is 115 Å². The molecule has 7 aromatic rings. The van der Waals surface area contributed by atoms with Gasteiger partial charge in [0, 0.05) is 0 Å². The molecule has 330 valence electrons. The zero-order valence-electron chi connectivity index (χ0n) is 35.1. The number of hydrogen-bond donors (Lipinski definition) is 8. The first-order chi connectivity index (χ1) is 32.1.